The molecule has 114 valence electrons. The number of hydrogen-bond acceptors (Lipinski definition) is 4. The Bertz CT molecular complexity index is 398. The Labute approximate surface area is 121 Å². The summed E-state index contributed by atoms with van der Waals surface area (Å²) < 4.78 is 0. The van der Waals surface area contributed by atoms with E-state index in [1.807, 2.05) is 6.92 Å². The molecule has 0 saturated heterocycles. The second kappa shape index (κ2) is 8.68. The summed E-state index contributed by atoms with van der Waals surface area (Å²) in [5.41, 5.74) is 5.62. The largest absolute Gasteiger partial charge is 0.338 e. The molecule has 1 aromatic rings. The molecule has 0 spiro atoms. The molecule has 3 N–H and O–H groups in total. The van der Waals surface area contributed by atoms with Crippen molar-refractivity contribution in [3.8, 4) is 0 Å². The van der Waals surface area contributed by atoms with Crippen LogP contribution in [0.4, 0.5) is 0 Å². The Balaban J connectivity index is 2.36. The zero-order valence-electron chi connectivity index (χ0n) is 12.9. The molecule has 0 fully saturated rings. The van der Waals surface area contributed by atoms with Crippen molar-refractivity contribution in [1.82, 2.24) is 20.1 Å². The van der Waals surface area contributed by atoms with E-state index < -0.39 is 0 Å². The van der Waals surface area contributed by atoms with Crippen LogP contribution in [0.25, 0.3) is 0 Å². The van der Waals surface area contributed by atoms with Gasteiger partial charge in [-0.25, -0.2) is 4.98 Å². The van der Waals surface area contributed by atoms with Crippen LogP contribution in [-0.4, -0.2) is 39.6 Å². The number of aromatic amines is 1. The highest BCUT2D eigenvalue weighted by Gasteiger charge is 2.14. The zero-order valence-corrected chi connectivity index (χ0v) is 12.9. The number of carbonyl (C=O) groups is 1. The molecule has 20 heavy (non-hydrogen) atoms. The number of carbonyl (C=O) groups excluding carboxylic acids is 1. The van der Waals surface area contributed by atoms with Crippen LogP contribution in [-0.2, 0) is 11.3 Å². The van der Waals surface area contributed by atoms with E-state index in [0.717, 1.165) is 31.5 Å². The van der Waals surface area contributed by atoms with Gasteiger partial charge in [0, 0.05) is 13.5 Å². The third-order valence-corrected chi connectivity index (χ3v) is 3.49. The number of amides is 1. The number of nitrogens with two attached hydrogens (primary N) is 1. The SMILES string of the molecule is CCCC(CCN)CCC(=O)N(C)Cc1n[nH]c(C)n1. The van der Waals surface area contributed by atoms with Crippen molar-refractivity contribution in [3.05, 3.63) is 11.6 Å². The normalized spacial score (nSPS) is 12.4. The van der Waals surface area contributed by atoms with Gasteiger partial charge in [0.25, 0.3) is 0 Å². The van der Waals surface area contributed by atoms with E-state index in [9.17, 15) is 4.79 Å². The Morgan fingerprint density at radius 1 is 1.40 bits per heavy atom. The minimum absolute atomic E-state index is 0.144. The summed E-state index contributed by atoms with van der Waals surface area (Å²) in [5, 5.41) is 6.83. The number of rotatable bonds is 9. The van der Waals surface area contributed by atoms with Gasteiger partial charge in [-0.1, -0.05) is 19.8 Å². The van der Waals surface area contributed by atoms with E-state index in [2.05, 4.69) is 22.1 Å². The van der Waals surface area contributed by atoms with E-state index in [4.69, 9.17) is 5.73 Å². The maximum absolute atomic E-state index is 12.1. The summed E-state index contributed by atoms with van der Waals surface area (Å²) in [6, 6.07) is 0. The predicted octanol–water partition coefficient (Wildman–Crippen LogP) is 1.62. The highest BCUT2D eigenvalue weighted by molar-refractivity contribution is 5.75. The molecule has 0 bridgehead atoms. The molecule has 0 aliphatic heterocycles. The lowest BCUT2D eigenvalue weighted by Gasteiger charge is -2.18. The molecule has 0 aliphatic carbocycles. The smallest absolute Gasteiger partial charge is 0.222 e. The molecule has 0 saturated carbocycles. The van der Waals surface area contributed by atoms with Gasteiger partial charge in [-0.05, 0) is 32.2 Å². The molecule has 1 rings (SSSR count). The van der Waals surface area contributed by atoms with Gasteiger partial charge in [-0.15, -0.1) is 0 Å². The van der Waals surface area contributed by atoms with E-state index in [-0.39, 0.29) is 5.91 Å². The Morgan fingerprint density at radius 2 is 2.15 bits per heavy atom. The van der Waals surface area contributed by atoms with Crippen LogP contribution >= 0.6 is 0 Å². The first-order valence-electron chi connectivity index (χ1n) is 7.38. The van der Waals surface area contributed by atoms with Crippen molar-refractivity contribution in [2.75, 3.05) is 13.6 Å². The van der Waals surface area contributed by atoms with Crippen molar-refractivity contribution >= 4 is 5.91 Å². The maximum atomic E-state index is 12.1. The quantitative estimate of drug-likeness (QED) is 0.720. The van der Waals surface area contributed by atoms with Crippen LogP contribution < -0.4 is 5.73 Å². The molecule has 1 aromatic heterocycles. The molecule has 6 heteroatoms. The van der Waals surface area contributed by atoms with E-state index >= 15 is 0 Å². The van der Waals surface area contributed by atoms with E-state index in [0.29, 0.717) is 31.3 Å². The maximum Gasteiger partial charge on any atom is 0.222 e. The van der Waals surface area contributed by atoms with Crippen molar-refractivity contribution in [3.63, 3.8) is 0 Å². The first kappa shape index (κ1) is 16.6. The monoisotopic (exact) mass is 281 g/mol. The van der Waals surface area contributed by atoms with Gasteiger partial charge < -0.3 is 10.6 Å². The standard InChI is InChI=1S/C14H27N5O/c1-4-5-12(8-9-15)6-7-14(20)19(3)10-13-16-11(2)17-18-13/h12H,4-10,15H2,1-3H3,(H,16,17,18). The minimum atomic E-state index is 0.144. The minimum Gasteiger partial charge on any atom is -0.338 e. The van der Waals surface area contributed by atoms with Gasteiger partial charge in [0.2, 0.25) is 5.91 Å². The van der Waals surface area contributed by atoms with Crippen LogP contribution in [0.1, 0.15) is 50.7 Å². The van der Waals surface area contributed by atoms with Gasteiger partial charge in [0.15, 0.2) is 5.82 Å². The Kier molecular flexibility index (Phi) is 7.22. The van der Waals surface area contributed by atoms with Crippen LogP contribution in [0, 0.1) is 12.8 Å². The molecule has 1 heterocycles. The molecular weight excluding hydrogens is 254 g/mol. The third kappa shape index (κ3) is 5.69. The Morgan fingerprint density at radius 3 is 2.70 bits per heavy atom. The summed E-state index contributed by atoms with van der Waals surface area (Å²) >= 11 is 0. The lowest BCUT2D eigenvalue weighted by atomic mass is 9.94. The van der Waals surface area contributed by atoms with Gasteiger partial charge in [-0.3, -0.25) is 9.89 Å². The van der Waals surface area contributed by atoms with Gasteiger partial charge in [0.05, 0.1) is 6.54 Å². The second-order valence-corrected chi connectivity index (χ2v) is 5.36. The summed E-state index contributed by atoms with van der Waals surface area (Å²) in [6.07, 6.45) is 4.79. The lowest BCUT2D eigenvalue weighted by molar-refractivity contribution is -0.130. The number of H-pyrrole nitrogens is 1. The summed E-state index contributed by atoms with van der Waals surface area (Å²) in [4.78, 5) is 18.0. The predicted molar refractivity (Wildman–Crippen MR) is 78.9 cm³/mol. The number of nitrogens with one attached hydrogen (secondary N) is 1. The summed E-state index contributed by atoms with van der Waals surface area (Å²) in [7, 11) is 1.80. The molecule has 1 amide bonds. The van der Waals surface area contributed by atoms with E-state index in [1.54, 1.807) is 11.9 Å². The van der Waals surface area contributed by atoms with Crippen molar-refractivity contribution in [2.45, 2.75) is 52.5 Å². The average molecular weight is 281 g/mol. The lowest BCUT2D eigenvalue weighted by Crippen LogP contribution is -2.27. The first-order valence-corrected chi connectivity index (χ1v) is 7.38. The van der Waals surface area contributed by atoms with Crippen LogP contribution in [0.2, 0.25) is 0 Å². The van der Waals surface area contributed by atoms with Crippen LogP contribution in [0.15, 0.2) is 0 Å². The number of aromatic nitrogens is 3. The highest BCUT2D eigenvalue weighted by atomic mass is 16.2. The van der Waals surface area contributed by atoms with Crippen molar-refractivity contribution < 1.29 is 4.79 Å². The van der Waals surface area contributed by atoms with Crippen LogP contribution in [0.3, 0.4) is 0 Å². The highest BCUT2D eigenvalue weighted by Crippen LogP contribution is 2.17. The number of aryl methyl sites for hydroxylation is 1. The zero-order chi connectivity index (χ0) is 15.0. The fourth-order valence-corrected chi connectivity index (χ4v) is 2.36. The number of nitrogens with zero attached hydrogens (tertiary/aromatic N) is 3. The fourth-order valence-electron chi connectivity index (χ4n) is 2.36. The van der Waals surface area contributed by atoms with Crippen molar-refractivity contribution in [2.24, 2.45) is 11.7 Å². The molecule has 0 radical (unpaired) electrons. The van der Waals surface area contributed by atoms with Gasteiger partial charge in [-0.2, -0.15) is 5.10 Å². The fraction of sp³-hybridized carbons (Fsp3) is 0.786. The van der Waals surface area contributed by atoms with Gasteiger partial charge in [0.1, 0.15) is 5.82 Å². The molecule has 6 nitrogen and oxygen atoms in total. The third-order valence-electron chi connectivity index (χ3n) is 3.49. The average Bonchev–Trinajstić information content (AvgIpc) is 2.81. The van der Waals surface area contributed by atoms with Gasteiger partial charge >= 0.3 is 0 Å². The summed E-state index contributed by atoms with van der Waals surface area (Å²) in [6.45, 7) is 5.17. The molecule has 0 aliphatic rings. The van der Waals surface area contributed by atoms with E-state index in [1.165, 1.54) is 0 Å². The second-order valence-electron chi connectivity index (χ2n) is 5.36. The van der Waals surface area contributed by atoms with Crippen LogP contribution in [0.5, 0.6) is 0 Å². The number of hydrogen-bond donors (Lipinski definition) is 2. The molecular formula is C14H27N5O. The molecule has 1 atom stereocenters. The summed E-state index contributed by atoms with van der Waals surface area (Å²) in [5.74, 6) is 2.14. The molecule has 1 unspecified atom stereocenters. The Hall–Kier alpha value is -1.43. The van der Waals surface area contributed by atoms with Crippen molar-refractivity contribution in [1.29, 1.82) is 0 Å². The molecule has 0 aromatic carbocycles. The first-order chi connectivity index (χ1) is 9.56. The topological polar surface area (TPSA) is 87.9 Å².